The van der Waals surface area contributed by atoms with E-state index in [0.29, 0.717) is 19.3 Å². The van der Waals surface area contributed by atoms with Gasteiger partial charge in [-0.25, -0.2) is 4.39 Å². The molecule has 1 N–H and O–H groups in total. The summed E-state index contributed by atoms with van der Waals surface area (Å²) < 4.78 is 13.6. The van der Waals surface area contributed by atoms with Crippen LogP contribution in [0.25, 0.3) is 0 Å². The van der Waals surface area contributed by atoms with Crippen molar-refractivity contribution < 1.29 is 14.3 Å². The van der Waals surface area contributed by atoms with E-state index in [9.17, 15) is 9.18 Å². The summed E-state index contributed by atoms with van der Waals surface area (Å²) in [6, 6.07) is 0. The first-order chi connectivity index (χ1) is 10.2. The second-order valence-corrected chi connectivity index (χ2v) is 6.21. The van der Waals surface area contributed by atoms with Crippen LogP contribution in [0.15, 0.2) is 0 Å². The summed E-state index contributed by atoms with van der Waals surface area (Å²) >= 11 is 0. The Labute approximate surface area is 130 Å². The molecule has 0 saturated carbocycles. The SMILES string of the molecule is CCCCCCCCCCCC(F)CCCCCC(=O)O. The third kappa shape index (κ3) is 17.3. The van der Waals surface area contributed by atoms with Gasteiger partial charge >= 0.3 is 5.97 Å². The Kier molecular flexibility index (Phi) is 15.3. The predicted octanol–water partition coefficient (Wildman–Crippen LogP) is 6.28. The quantitative estimate of drug-likeness (QED) is 0.341. The Morgan fingerprint density at radius 2 is 1.24 bits per heavy atom. The molecule has 0 aliphatic carbocycles. The molecule has 0 saturated heterocycles. The number of halogens is 1. The van der Waals surface area contributed by atoms with Gasteiger partial charge in [0.1, 0.15) is 6.17 Å². The van der Waals surface area contributed by atoms with Crippen LogP contribution in [0, 0.1) is 0 Å². The first-order valence-electron chi connectivity index (χ1n) is 9.02. The summed E-state index contributed by atoms with van der Waals surface area (Å²) in [5.74, 6) is -0.749. The zero-order valence-corrected chi connectivity index (χ0v) is 13.9. The molecule has 2 nitrogen and oxygen atoms in total. The van der Waals surface area contributed by atoms with Crippen LogP contribution < -0.4 is 0 Å². The maximum absolute atomic E-state index is 13.6. The molecule has 0 aliphatic rings. The minimum atomic E-state index is -0.749. The normalized spacial score (nSPS) is 12.5. The van der Waals surface area contributed by atoms with Gasteiger partial charge in [0.25, 0.3) is 0 Å². The van der Waals surface area contributed by atoms with E-state index in [1.54, 1.807) is 0 Å². The van der Waals surface area contributed by atoms with Crippen molar-refractivity contribution in [2.45, 2.75) is 109 Å². The van der Waals surface area contributed by atoms with E-state index in [1.807, 2.05) is 0 Å². The molecule has 0 aromatic heterocycles. The van der Waals surface area contributed by atoms with E-state index >= 15 is 0 Å². The molecule has 0 aromatic rings. The number of unbranched alkanes of at least 4 members (excludes halogenated alkanes) is 10. The summed E-state index contributed by atoms with van der Waals surface area (Å²) in [4.78, 5) is 10.3. The molecule has 0 aromatic carbocycles. The lowest BCUT2D eigenvalue weighted by Crippen LogP contribution is -2.00. The van der Waals surface area contributed by atoms with Gasteiger partial charge in [-0.05, 0) is 19.3 Å². The van der Waals surface area contributed by atoms with E-state index < -0.39 is 12.1 Å². The van der Waals surface area contributed by atoms with Crippen molar-refractivity contribution >= 4 is 5.97 Å². The van der Waals surface area contributed by atoms with Crippen molar-refractivity contribution in [3.8, 4) is 0 Å². The monoisotopic (exact) mass is 302 g/mol. The highest BCUT2D eigenvalue weighted by atomic mass is 19.1. The molecule has 0 aliphatic heterocycles. The fourth-order valence-electron chi connectivity index (χ4n) is 2.64. The van der Waals surface area contributed by atoms with Crippen LogP contribution in [0.5, 0.6) is 0 Å². The van der Waals surface area contributed by atoms with E-state index in [4.69, 9.17) is 5.11 Å². The third-order valence-electron chi connectivity index (χ3n) is 4.03. The molecule has 0 rings (SSSR count). The lowest BCUT2D eigenvalue weighted by Gasteiger charge is -2.07. The summed E-state index contributed by atoms with van der Waals surface area (Å²) in [6.45, 7) is 2.24. The predicted molar refractivity (Wildman–Crippen MR) is 87.5 cm³/mol. The van der Waals surface area contributed by atoms with Gasteiger partial charge in [-0.2, -0.15) is 0 Å². The largest absolute Gasteiger partial charge is 0.481 e. The Bertz CT molecular complexity index is 231. The number of alkyl halides is 1. The van der Waals surface area contributed by atoms with E-state index in [2.05, 4.69) is 6.92 Å². The van der Waals surface area contributed by atoms with Crippen LogP contribution >= 0.6 is 0 Å². The minimum Gasteiger partial charge on any atom is -0.481 e. The number of hydrogen-bond acceptors (Lipinski definition) is 1. The van der Waals surface area contributed by atoms with E-state index in [-0.39, 0.29) is 6.42 Å². The van der Waals surface area contributed by atoms with Crippen LogP contribution in [0.2, 0.25) is 0 Å². The molecular weight excluding hydrogens is 267 g/mol. The van der Waals surface area contributed by atoms with Crippen LogP contribution in [-0.4, -0.2) is 17.2 Å². The van der Waals surface area contributed by atoms with Crippen LogP contribution in [-0.2, 0) is 4.79 Å². The molecule has 0 radical (unpaired) electrons. The maximum atomic E-state index is 13.6. The van der Waals surface area contributed by atoms with Crippen LogP contribution in [0.4, 0.5) is 4.39 Å². The van der Waals surface area contributed by atoms with Gasteiger partial charge in [-0.3, -0.25) is 4.79 Å². The highest BCUT2D eigenvalue weighted by molar-refractivity contribution is 5.66. The van der Waals surface area contributed by atoms with E-state index in [0.717, 1.165) is 25.7 Å². The second kappa shape index (κ2) is 15.8. The van der Waals surface area contributed by atoms with Crippen LogP contribution in [0.1, 0.15) is 103 Å². The molecular formula is C18H35FO2. The Morgan fingerprint density at radius 1 is 0.810 bits per heavy atom. The number of aliphatic carboxylic acids is 1. The fraction of sp³-hybridized carbons (Fsp3) is 0.944. The second-order valence-electron chi connectivity index (χ2n) is 6.21. The maximum Gasteiger partial charge on any atom is 0.303 e. The zero-order chi connectivity index (χ0) is 15.8. The molecule has 0 fully saturated rings. The topological polar surface area (TPSA) is 37.3 Å². The molecule has 0 amide bonds. The summed E-state index contributed by atoms with van der Waals surface area (Å²) in [6.07, 6.45) is 14.6. The smallest absolute Gasteiger partial charge is 0.303 e. The summed E-state index contributed by atoms with van der Waals surface area (Å²) in [5.41, 5.74) is 0. The molecule has 126 valence electrons. The van der Waals surface area contributed by atoms with Crippen molar-refractivity contribution in [3.63, 3.8) is 0 Å². The molecule has 3 heteroatoms. The fourth-order valence-corrected chi connectivity index (χ4v) is 2.64. The highest BCUT2D eigenvalue weighted by Crippen LogP contribution is 2.16. The zero-order valence-electron chi connectivity index (χ0n) is 13.9. The van der Waals surface area contributed by atoms with Gasteiger partial charge in [0.2, 0.25) is 0 Å². The molecule has 0 spiro atoms. The highest BCUT2D eigenvalue weighted by Gasteiger charge is 2.06. The third-order valence-corrected chi connectivity index (χ3v) is 4.03. The van der Waals surface area contributed by atoms with Gasteiger partial charge < -0.3 is 5.11 Å². The Morgan fingerprint density at radius 3 is 1.71 bits per heavy atom. The summed E-state index contributed by atoms with van der Waals surface area (Å²) in [5, 5.41) is 8.50. The van der Waals surface area contributed by atoms with E-state index in [1.165, 1.54) is 44.9 Å². The van der Waals surface area contributed by atoms with Crippen molar-refractivity contribution in [2.24, 2.45) is 0 Å². The number of rotatable bonds is 16. The molecule has 0 bridgehead atoms. The van der Waals surface area contributed by atoms with Crippen molar-refractivity contribution in [1.82, 2.24) is 0 Å². The molecule has 21 heavy (non-hydrogen) atoms. The van der Waals surface area contributed by atoms with Crippen molar-refractivity contribution in [3.05, 3.63) is 0 Å². The Hall–Kier alpha value is -0.600. The Balaban J connectivity index is 3.15. The van der Waals surface area contributed by atoms with Crippen molar-refractivity contribution in [2.75, 3.05) is 0 Å². The van der Waals surface area contributed by atoms with Gasteiger partial charge in [-0.15, -0.1) is 0 Å². The number of carboxylic acids is 1. The average molecular weight is 302 g/mol. The number of carboxylic acid groups (broad SMARTS) is 1. The minimum absolute atomic E-state index is 0.217. The summed E-state index contributed by atoms with van der Waals surface area (Å²) in [7, 11) is 0. The lowest BCUT2D eigenvalue weighted by molar-refractivity contribution is -0.137. The van der Waals surface area contributed by atoms with Crippen LogP contribution in [0.3, 0.4) is 0 Å². The van der Waals surface area contributed by atoms with Gasteiger partial charge in [0.15, 0.2) is 0 Å². The first-order valence-corrected chi connectivity index (χ1v) is 9.02. The van der Waals surface area contributed by atoms with Gasteiger partial charge in [0.05, 0.1) is 0 Å². The van der Waals surface area contributed by atoms with Crippen molar-refractivity contribution in [1.29, 1.82) is 0 Å². The average Bonchev–Trinajstić information content (AvgIpc) is 2.45. The van der Waals surface area contributed by atoms with Gasteiger partial charge in [-0.1, -0.05) is 77.6 Å². The standard InChI is InChI=1S/C18H35FO2/c1-2-3-4-5-6-7-8-9-11-14-17(19)15-12-10-13-16-18(20)21/h17H,2-16H2,1H3,(H,20,21). The number of carbonyl (C=O) groups is 1. The first kappa shape index (κ1) is 20.4. The molecule has 1 unspecified atom stereocenters. The van der Waals surface area contributed by atoms with Gasteiger partial charge in [0, 0.05) is 6.42 Å². The molecule has 1 atom stereocenters. The lowest BCUT2D eigenvalue weighted by atomic mass is 10.0. The molecule has 0 heterocycles. The number of hydrogen-bond donors (Lipinski definition) is 1.